The molecule has 0 aromatic carbocycles. The van der Waals surface area contributed by atoms with E-state index in [4.69, 9.17) is 0 Å². The fourth-order valence-corrected chi connectivity index (χ4v) is 2.40. The molecule has 2 aromatic rings. The van der Waals surface area contributed by atoms with Gasteiger partial charge in [-0.05, 0) is 17.7 Å². The highest BCUT2D eigenvalue weighted by Crippen LogP contribution is 2.46. The molecule has 0 aliphatic heterocycles. The standard InChI is InChI=1S/C13H12N2/c1-13(2)11-5-7-14-8-10(11)9-4-3-6-15-12(9)13/h3-8H,1-2H3. The maximum atomic E-state index is 4.50. The van der Waals surface area contributed by atoms with Gasteiger partial charge in [0.05, 0.1) is 5.69 Å². The van der Waals surface area contributed by atoms with Crippen LogP contribution < -0.4 is 0 Å². The zero-order chi connectivity index (χ0) is 10.5. The van der Waals surface area contributed by atoms with Crippen LogP contribution in [0.5, 0.6) is 0 Å². The Morgan fingerprint density at radius 3 is 2.80 bits per heavy atom. The van der Waals surface area contributed by atoms with E-state index in [9.17, 15) is 0 Å². The Labute approximate surface area is 89.0 Å². The van der Waals surface area contributed by atoms with Crippen molar-refractivity contribution < 1.29 is 0 Å². The summed E-state index contributed by atoms with van der Waals surface area (Å²) in [6, 6.07) is 6.20. The second kappa shape index (κ2) is 2.66. The molecule has 0 saturated heterocycles. The molecule has 0 saturated carbocycles. The van der Waals surface area contributed by atoms with E-state index in [2.05, 4.69) is 35.9 Å². The monoisotopic (exact) mass is 196 g/mol. The Kier molecular flexibility index (Phi) is 1.52. The van der Waals surface area contributed by atoms with Gasteiger partial charge in [0.2, 0.25) is 0 Å². The van der Waals surface area contributed by atoms with Crippen molar-refractivity contribution in [3.63, 3.8) is 0 Å². The molecule has 15 heavy (non-hydrogen) atoms. The highest BCUT2D eigenvalue weighted by Gasteiger charge is 2.36. The van der Waals surface area contributed by atoms with Gasteiger partial charge in [0.25, 0.3) is 0 Å². The van der Waals surface area contributed by atoms with Crippen LogP contribution >= 0.6 is 0 Å². The average Bonchev–Trinajstić information content (AvgIpc) is 2.51. The molecule has 3 rings (SSSR count). The lowest BCUT2D eigenvalue weighted by Crippen LogP contribution is -2.16. The summed E-state index contributed by atoms with van der Waals surface area (Å²) >= 11 is 0. The highest BCUT2D eigenvalue weighted by molar-refractivity contribution is 5.78. The van der Waals surface area contributed by atoms with E-state index < -0.39 is 0 Å². The minimum absolute atomic E-state index is 0.00880. The summed E-state index contributed by atoms with van der Waals surface area (Å²) in [5.41, 5.74) is 4.95. The molecule has 0 spiro atoms. The van der Waals surface area contributed by atoms with Gasteiger partial charge in [-0.15, -0.1) is 0 Å². The van der Waals surface area contributed by atoms with Crippen molar-refractivity contribution in [3.8, 4) is 11.1 Å². The van der Waals surface area contributed by atoms with Gasteiger partial charge in [0.15, 0.2) is 0 Å². The topological polar surface area (TPSA) is 25.8 Å². The lowest BCUT2D eigenvalue weighted by atomic mass is 9.86. The number of pyridine rings is 2. The zero-order valence-corrected chi connectivity index (χ0v) is 8.86. The summed E-state index contributed by atoms with van der Waals surface area (Å²) in [4.78, 5) is 8.69. The van der Waals surface area contributed by atoms with Crippen LogP contribution in [0.4, 0.5) is 0 Å². The van der Waals surface area contributed by atoms with Crippen molar-refractivity contribution in [1.82, 2.24) is 9.97 Å². The van der Waals surface area contributed by atoms with Crippen LogP contribution in [0.15, 0.2) is 36.8 Å². The van der Waals surface area contributed by atoms with Crippen LogP contribution in [0.2, 0.25) is 0 Å². The Hall–Kier alpha value is -1.70. The summed E-state index contributed by atoms with van der Waals surface area (Å²) in [7, 11) is 0. The van der Waals surface area contributed by atoms with Crippen LogP contribution in [-0.2, 0) is 5.41 Å². The number of hydrogen-bond donors (Lipinski definition) is 0. The second-order valence-corrected chi connectivity index (χ2v) is 4.45. The molecule has 2 aromatic heterocycles. The third kappa shape index (κ3) is 0.990. The fraction of sp³-hybridized carbons (Fsp3) is 0.231. The van der Waals surface area contributed by atoms with E-state index in [-0.39, 0.29) is 5.41 Å². The van der Waals surface area contributed by atoms with E-state index in [1.165, 1.54) is 16.7 Å². The SMILES string of the molecule is CC1(C)c2ccncc2-c2cccnc21. The van der Waals surface area contributed by atoms with Crippen LogP contribution in [0, 0.1) is 0 Å². The first-order valence-corrected chi connectivity index (χ1v) is 5.11. The molecule has 2 heteroatoms. The van der Waals surface area contributed by atoms with E-state index in [1.54, 1.807) is 0 Å². The van der Waals surface area contributed by atoms with E-state index in [1.807, 2.05) is 24.7 Å². The molecule has 0 N–H and O–H groups in total. The summed E-state index contributed by atoms with van der Waals surface area (Å²) in [5.74, 6) is 0. The predicted molar refractivity (Wildman–Crippen MR) is 59.6 cm³/mol. The Morgan fingerprint density at radius 1 is 1.07 bits per heavy atom. The maximum Gasteiger partial charge on any atom is 0.0582 e. The molecule has 0 radical (unpaired) electrons. The third-order valence-electron chi connectivity index (χ3n) is 3.18. The van der Waals surface area contributed by atoms with Crippen molar-refractivity contribution >= 4 is 0 Å². The molecule has 0 unspecified atom stereocenters. The molecule has 2 heterocycles. The van der Waals surface area contributed by atoms with Gasteiger partial charge in [-0.3, -0.25) is 9.97 Å². The first-order chi connectivity index (χ1) is 7.21. The van der Waals surface area contributed by atoms with E-state index in [0.717, 1.165) is 5.69 Å². The van der Waals surface area contributed by atoms with Gasteiger partial charge in [-0.1, -0.05) is 19.9 Å². The number of nitrogens with zero attached hydrogens (tertiary/aromatic N) is 2. The molecule has 2 nitrogen and oxygen atoms in total. The first-order valence-electron chi connectivity index (χ1n) is 5.11. The second-order valence-electron chi connectivity index (χ2n) is 4.45. The minimum atomic E-state index is 0.00880. The molecule has 0 bridgehead atoms. The van der Waals surface area contributed by atoms with E-state index in [0.29, 0.717) is 0 Å². The normalized spacial score (nSPS) is 15.9. The van der Waals surface area contributed by atoms with Crippen molar-refractivity contribution in [2.75, 3.05) is 0 Å². The van der Waals surface area contributed by atoms with E-state index >= 15 is 0 Å². The Morgan fingerprint density at radius 2 is 1.93 bits per heavy atom. The third-order valence-corrected chi connectivity index (χ3v) is 3.18. The quantitative estimate of drug-likeness (QED) is 0.647. The average molecular weight is 196 g/mol. The summed E-state index contributed by atoms with van der Waals surface area (Å²) < 4.78 is 0. The summed E-state index contributed by atoms with van der Waals surface area (Å²) in [6.45, 7) is 4.43. The molecule has 74 valence electrons. The first kappa shape index (κ1) is 8.60. The van der Waals surface area contributed by atoms with Gasteiger partial charge in [-0.2, -0.15) is 0 Å². The van der Waals surface area contributed by atoms with Gasteiger partial charge in [-0.25, -0.2) is 0 Å². The lowest BCUT2D eigenvalue weighted by molar-refractivity contribution is 0.636. The molecule has 1 aliphatic rings. The van der Waals surface area contributed by atoms with Gasteiger partial charge in [0, 0.05) is 35.1 Å². The largest absolute Gasteiger partial charge is 0.264 e. The van der Waals surface area contributed by atoms with Crippen molar-refractivity contribution in [1.29, 1.82) is 0 Å². The van der Waals surface area contributed by atoms with Crippen LogP contribution in [0.1, 0.15) is 25.1 Å². The van der Waals surface area contributed by atoms with Crippen LogP contribution in [0.3, 0.4) is 0 Å². The predicted octanol–water partition coefficient (Wildman–Crippen LogP) is 2.78. The number of fused-ring (bicyclic) bond motifs is 3. The maximum absolute atomic E-state index is 4.50. The zero-order valence-electron chi connectivity index (χ0n) is 8.86. The lowest BCUT2D eigenvalue weighted by Gasteiger charge is -2.19. The summed E-state index contributed by atoms with van der Waals surface area (Å²) in [5, 5.41) is 0. The van der Waals surface area contributed by atoms with Crippen molar-refractivity contribution in [2.24, 2.45) is 0 Å². The van der Waals surface area contributed by atoms with Gasteiger partial charge in [0.1, 0.15) is 0 Å². The van der Waals surface area contributed by atoms with Gasteiger partial charge >= 0.3 is 0 Å². The molecule has 0 atom stereocenters. The number of rotatable bonds is 0. The van der Waals surface area contributed by atoms with Crippen molar-refractivity contribution in [3.05, 3.63) is 48.0 Å². The molecule has 0 fully saturated rings. The molecular weight excluding hydrogens is 184 g/mol. The fourth-order valence-electron chi connectivity index (χ4n) is 2.40. The van der Waals surface area contributed by atoms with Gasteiger partial charge < -0.3 is 0 Å². The number of hydrogen-bond acceptors (Lipinski definition) is 2. The molecular formula is C13H12N2. The summed E-state index contributed by atoms with van der Waals surface area (Å²) in [6.07, 6.45) is 5.65. The molecule has 0 amide bonds. The Bertz CT molecular complexity index is 482. The molecule has 1 aliphatic carbocycles. The van der Waals surface area contributed by atoms with Crippen molar-refractivity contribution in [2.45, 2.75) is 19.3 Å². The highest BCUT2D eigenvalue weighted by atomic mass is 14.7. The number of aromatic nitrogens is 2. The minimum Gasteiger partial charge on any atom is -0.264 e. The van der Waals surface area contributed by atoms with Crippen LogP contribution in [-0.4, -0.2) is 9.97 Å². The van der Waals surface area contributed by atoms with Crippen LogP contribution in [0.25, 0.3) is 11.1 Å². The smallest absolute Gasteiger partial charge is 0.0582 e. The Balaban J connectivity index is 2.42.